The molecular formula is C29H30O8. The molecule has 0 bridgehead atoms. The van der Waals surface area contributed by atoms with Gasteiger partial charge in [0, 0.05) is 7.11 Å². The number of rotatable bonds is 12. The topological polar surface area (TPSA) is 89.5 Å². The van der Waals surface area contributed by atoms with Crippen molar-refractivity contribution in [2.45, 2.75) is 43.9 Å². The highest BCUT2D eigenvalue weighted by Crippen LogP contribution is 2.30. The molecule has 1 heterocycles. The van der Waals surface area contributed by atoms with Gasteiger partial charge in [0.25, 0.3) is 6.47 Å². The van der Waals surface area contributed by atoms with Crippen LogP contribution in [-0.4, -0.2) is 56.9 Å². The van der Waals surface area contributed by atoms with Gasteiger partial charge in [-0.3, -0.25) is 4.79 Å². The SMILES string of the molecule is CO[C@H]1O[C@H](COCc2ccccc2)[C@@H](OC(=O)c2ccccc2)[C@H](OC=O)[C@H]1OCc1ccccc1. The van der Waals surface area contributed by atoms with Crippen LogP contribution >= 0.6 is 0 Å². The first kappa shape index (κ1) is 26.5. The Balaban J connectivity index is 1.55. The number of carbonyl (C=O) groups is 2. The van der Waals surface area contributed by atoms with Gasteiger partial charge < -0.3 is 28.4 Å². The summed E-state index contributed by atoms with van der Waals surface area (Å²) >= 11 is 0. The molecule has 1 aliphatic rings. The van der Waals surface area contributed by atoms with Crippen molar-refractivity contribution in [1.29, 1.82) is 0 Å². The first-order valence-electron chi connectivity index (χ1n) is 12.0. The molecule has 194 valence electrons. The largest absolute Gasteiger partial charge is 0.457 e. The van der Waals surface area contributed by atoms with E-state index in [4.69, 9.17) is 28.4 Å². The van der Waals surface area contributed by atoms with Gasteiger partial charge in [-0.05, 0) is 23.3 Å². The Labute approximate surface area is 216 Å². The normalized spacial score (nSPS) is 23.2. The fraction of sp³-hybridized carbons (Fsp3) is 0.310. The first-order chi connectivity index (χ1) is 18.2. The van der Waals surface area contributed by atoms with Crippen LogP contribution in [0.4, 0.5) is 0 Å². The lowest BCUT2D eigenvalue weighted by molar-refractivity contribution is -0.307. The number of methoxy groups -OCH3 is 1. The molecule has 8 nitrogen and oxygen atoms in total. The highest BCUT2D eigenvalue weighted by Gasteiger charge is 2.51. The van der Waals surface area contributed by atoms with Gasteiger partial charge in [0.15, 0.2) is 18.5 Å². The molecule has 4 rings (SSSR count). The Bertz CT molecular complexity index is 1090. The van der Waals surface area contributed by atoms with E-state index >= 15 is 0 Å². The molecule has 0 spiro atoms. The Morgan fingerprint density at radius 3 is 2.00 bits per heavy atom. The van der Waals surface area contributed by atoms with Crippen molar-refractivity contribution >= 4 is 12.4 Å². The van der Waals surface area contributed by atoms with E-state index in [-0.39, 0.29) is 13.2 Å². The molecule has 0 saturated carbocycles. The number of carbonyl (C=O) groups excluding carboxylic acids is 2. The predicted molar refractivity (Wildman–Crippen MR) is 133 cm³/mol. The van der Waals surface area contributed by atoms with Crippen molar-refractivity contribution in [2.24, 2.45) is 0 Å². The van der Waals surface area contributed by atoms with Crippen LogP contribution in [-0.2, 0) is 46.4 Å². The van der Waals surface area contributed by atoms with Crippen molar-refractivity contribution in [3.05, 3.63) is 108 Å². The summed E-state index contributed by atoms with van der Waals surface area (Å²) in [6, 6.07) is 27.7. The smallest absolute Gasteiger partial charge is 0.338 e. The van der Waals surface area contributed by atoms with Gasteiger partial charge in [-0.15, -0.1) is 0 Å². The molecule has 37 heavy (non-hydrogen) atoms. The molecule has 0 amide bonds. The van der Waals surface area contributed by atoms with Crippen LogP contribution < -0.4 is 0 Å². The van der Waals surface area contributed by atoms with Gasteiger partial charge in [0.2, 0.25) is 0 Å². The van der Waals surface area contributed by atoms with E-state index in [0.29, 0.717) is 18.6 Å². The standard InChI is InChI=1S/C29H30O8/c1-32-29-27(34-18-22-13-7-3-8-14-22)26(35-20-30)25(37-28(31)23-15-9-4-10-16-23)24(36-29)19-33-17-21-11-5-2-6-12-21/h2-16,20,24-27,29H,17-19H2,1H3/t24-,25-,26+,27-,29+/m1/s1. The average Bonchev–Trinajstić information content (AvgIpc) is 2.95. The van der Waals surface area contributed by atoms with E-state index in [1.54, 1.807) is 30.3 Å². The van der Waals surface area contributed by atoms with Gasteiger partial charge >= 0.3 is 5.97 Å². The number of benzene rings is 3. The first-order valence-corrected chi connectivity index (χ1v) is 12.0. The fourth-order valence-corrected chi connectivity index (χ4v) is 4.14. The van der Waals surface area contributed by atoms with Crippen LogP contribution in [0, 0.1) is 0 Å². The van der Waals surface area contributed by atoms with Crippen LogP contribution in [0.15, 0.2) is 91.0 Å². The monoisotopic (exact) mass is 506 g/mol. The number of esters is 1. The molecule has 1 aliphatic heterocycles. The summed E-state index contributed by atoms with van der Waals surface area (Å²) in [6.45, 7) is 0.908. The van der Waals surface area contributed by atoms with Crippen molar-refractivity contribution < 1.29 is 38.0 Å². The van der Waals surface area contributed by atoms with Gasteiger partial charge in [-0.1, -0.05) is 78.9 Å². The molecule has 3 aromatic carbocycles. The van der Waals surface area contributed by atoms with Crippen LogP contribution in [0.5, 0.6) is 0 Å². The fourth-order valence-electron chi connectivity index (χ4n) is 4.14. The minimum atomic E-state index is -1.01. The molecule has 3 aromatic rings. The van der Waals surface area contributed by atoms with E-state index in [2.05, 4.69) is 0 Å². The summed E-state index contributed by atoms with van der Waals surface area (Å²) in [5.74, 6) is -0.584. The maximum Gasteiger partial charge on any atom is 0.338 e. The van der Waals surface area contributed by atoms with E-state index in [1.807, 2.05) is 60.7 Å². The summed E-state index contributed by atoms with van der Waals surface area (Å²) < 4.78 is 35.1. The zero-order valence-electron chi connectivity index (χ0n) is 20.5. The second kappa shape index (κ2) is 13.7. The molecule has 1 fully saturated rings. The Morgan fingerprint density at radius 1 is 0.811 bits per heavy atom. The molecule has 0 aromatic heterocycles. The lowest BCUT2D eigenvalue weighted by atomic mass is 9.98. The lowest BCUT2D eigenvalue weighted by Crippen LogP contribution is -2.62. The minimum Gasteiger partial charge on any atom is -0.457 e. The summed E-state index contributed by atoms with van der Waals surface area (Å²) in [5, 5.41) is 0. The number of hydrogen-bond donors (Lipinski definition) is 0. The minimum absolute atomic E-state index is 0.0611. The van der Waals surface area contributed by atoms with Crippen LogP contribution in [0.25, 0.3) is 0 Å². The van der Waals surface area contributed by atoms with E-state index in [1.165, 1.54) is 7.11 Å². The highest BCUT2D eigenvalue weighted by molar-refractivity contribution is 5.89. The molecular weight excluding hydrogens is 476 g/mol. The van der Waals surface area contributed by atoms with Crippen molar-refractivity contribution in [1.82, 2.24) is 0 Å². The third-order valence-corrected chi connectivity index (χ3v) is 5.97. The van der Waals surface area contributed by atoms with Crippen LogP contribution in [0.2, 0.25) is 0 Å². The third kappa shape index (κ3) is 7.24. The van der Waals surface area contributed by atoms with Crippen molar-refractivity contribution in [3.8, 4) is 0 Å². The maximum absolute atomic E-state index is 13.0. The van der Waals surface area contributed by atoms with Crippen LogP contribution in [0.1, 0.15) is 21.5 Å². The molecule has 0 aliphatic carbocycles. The lowest BCUT2D eigenvalue weighted by Gasteiger charge is -2.44. The van der Waals surface area contributed by atoms with E-state index in [9.17, 15) is 9.59 Å². The zero-order chi connectivity index (χ0) is 25.9. The summed E-state index contributed by atoms with van der Waals surface area (Å²) in [7, 11) is 1.47. The maximum atomic E-state index is 13.0. The quantitative estimate of drug-likeness (QED) is 0.270. The van der Waals surface area contributed by atoms with Gasteiger partial charge in [0.1, 0.15) is 12.2 Å². The van der Waals surface area contributed by atoms with Crippen LogP contribution in [0.3, 0.4) is 0 Å². The summed E-state index contributed by atoms with van der Waals surface area (Å²) in [4.78, 5) is 24.6. The Hall–Kier alpha value is -3.56. The Kier molecular flexibility index (Phi) is 9.79. The molecule has 0 radical (unpaired) electrons. The molecule has 8 heteroatoms. The summed E-state index contributed by atoms with van der Waals surface area (Å²) in [5.41, 5.74) is 2.24. The van der Waals surface area contributed by atoms with Crippen molar-refractivity contribution in [3.63, 3.8) is 0 Å². The van der Waals surface area contributed by atoms with Gasteiger partial charge in [-0.25, -0.2) is 4.79 Å². The highest BCUT2D eigenvalue weighted by atomic mass is 16.7. The van der Waals surface area contributed by atoms with Crippen molar-refractivity contribution in [2.75, 3.05) is 13.7 Å². The van der Waals surface area contributed by atoms with E-state index < -0.39 is 36.7 Å². The summed E-state index contributed by atoms with van der Waals surface area (Å²) in [6.07, 6.45) is -4.57. The third-order valence-electron chi connectivity index (χ3n) is 5.97. The molecule has 5 atom stereocenters. The van der Waals surface area contributed by atoms with E-state index in [0.717, 1.165) is 11.1 Å². The Morgan fingerprint density at radius 2 is 1.41 bits per heavy atom. The second-order valence-electron chi connectivity index (χ2n) is 8.47. The zero-order valence-corrected chi connectivity index (χ0v) is 20.5. The number of ether oxygens (including phenoxy) is 6. The van der Waals surface area contributed by atoms with Gasteiger partial charge in [0.05, 0.1) is 25.4 Å². The molecule has 0 unspecified atom stereocenters. The predicted octanol–water partition coefficient (Wildman–Crippen LogP) is 3.93. The molecule has 0 N–H and O–H groups in total. The average molecular weight is 507 g/mol. The van der Waals surface area contributed by atoms with Gasteiger partial charge in [-0.2, -0.15) is 0 Å². The second-order valence-corrected chi connectivity index (χ2v) is 8.47. The molecule has 1 saturated heterocycles. The number of hydrogen-bond acceptors (Lipinski definition) is 8.